The van der Waals surface area contributed by atoms with Crippen LogP contribution in [0.1, 0.15) is 24.1 Å². The van der Waals surface area contributed by atoms with Crippen molar-refractivity contribution in [1.29, 1.82) is 0 Å². The van der Waals surface area contributed by atoms with E-state index in [0.29, 0.717) is 5.88 Å². The number of ether oxygens (including phenoxy) is 1. The Labute approximate surface area is 112 Å². The number of hydrogen-bond donors (Lipinski definition) is 1. The summed E-state index contributed by atoms with van der Waals surface area (Å²) < 4.78 is 7.67. The molecule has 2 aromatic rings. The molecule has 2 heterocycles. The Morgan fingerprint density at radius 2 is 2.05 bits per heavy atom. The van der Waals surface area contributed by atoms with E-state index in [2.05, 4.69) is 20.4 Å². The van der Waals surface area contributed by atoms with E-state index in [0.717, 1.165) is 35.2 Å². The lowest BCUT2D eigenvalue weighted by atomic mass is 10.3. The van der Waals surface area contributed by atoms with Crippen LogP contribution in [0, 0.1) is 13.8 Å². The molecule has 0 amide bonds. The van der Waals surface area contributed by atoms with Gasteiger partial charge in [-0.1, -0.05) is 6.92 Å². The minimum absolute atomic E-state index is 0.537. The average molecular weight is 261 g/mol. The van der Waals surface area contributed by atoms with Crippen LogP contribution in [0.25, 0.3) is 0 Å². The zero-order chi connectivity index (χ0) is 14.0. The van der Waals surface area contributed by atoms with Crippen molar-refractivity contribution in [2.24, 2.45) is 7.05 Å². The fraction of sp³-hybridized carbons (Fsp3) is 0.462. The zero-order valence-corrected chi connectivity index (χ0v) is 12.0. The molecule has 0 aliphatic heterocycles. The van der Waals surface area contributed by atoms with Gasteiger partial charge in [-0.3, -0.25) is 4.68 Å². The molecule has 0 atom stereocenters. The Hall–Kier alpha value is -2.11. The molecule has 0 bridgehead atoms. The molecule has 1 N–H and O–H groups in total. The molecular weight excluding hydrogens is 242 g/mol. The van der Waals surface area contributed by atoms with Gasteiger partial charge in [-0.05, 0) is 13.8 Å². The Bertz CT molecular complexity index is 569. The van der Waals surface area contributed by atoms with Crippen LogP contribution in [0.2, 0.25) is 0 Å². The fourth-order valence-corrected chi connectivity index (χ4v) is 1.82. The first kappa shape index (κ1) is 13.3. The first-order chi connectivity index (χ1) is 9.05. The Morgan fingerprint density at radius 3 is 2.58 bits per heavy atom. The molecule has 0 aliphatic rings. The van der Waals surface area contributed by atoms with Gasteiger partial charge in [0.1, 0.15) is 17.3 Å². The summed E-state index contributed by atoms with van der Waals surface area (Å²) in [5.74, 6) is 2.79. The highest BCUT2D eigenvalue weighted by Gasteiger charge is 2.13. The second kappa shape index (κ2) is 5.26. The number of rotatable bonds is 4. The maximum atomic E-state index is 5.87. The second-order valence-corrected chi connectivity index (χ2v) is 4.34. The maximum Gasteiger partial charge on any atom is 0.224 e. The Kier molecular flexibility index (Phi) is 3.69. The van der Waals surface area contributed by atoms with E-state index in [1.54, 1.807) is 10.7 Å². The van der Waals surface area contributed by atoms with Crippen molar-refractivity contribution >= 4 is 5.82 Å². The molecule has 0 aromatic carbocycles. The van der Waals surface area contributed by atoms with E-state index in [9.17, 15) is 0 Å². The van der Waals surface area contributed by atoms with E-state index in [1.807, 2.05) is 34.9 Å². The van der Waals surface area contributed by atoms with Crippen LogP contribution in [-0.2, 0) is 13.5 Å². The predicted molar refractivity (Wildman–Crippen MR) is 73.7 cm³/mol. The summed E-state index contributed by atoms with van der Waals surface area (Å²) in [6.45, 7) is 5.90. The van der Waals surface area contributed by atoms with Crippen molar-refractivity contribution in [3.05, 3.63) is 23.3 Å². The second-order valence-electron chi connectivity index (χ2n) is 4.34. The van der Waals surface area contributed by atoms with Gasteiger partial charge in [0.15, 0.2) is 5.75 Å². The molecule has 0 aliphatic carbocycles. The quantitative estimate of drug-likeness (QED) is 0.914. The van der Waals surface area contributed by atoms with E-state index in [1.165, 1.54) is 0 Å². The lowest BCUT2D eigenvalue weighted by Crippen LogP contribution is -2.01. The van der Waals surface area contributed by atoms with E-state index >= 15 is 0 Å². The minimum atomic E-state index is 0.537. The largest absolute Gasteiger partial charge is 0.435 e. The number of nitrogens with one attached hydrogen (secondary N) is 1. The molecule has 0 radical (unpaired) electrons. The summed E-state index contributed by atoms with van der Waals surface area (Å²) in [5.41, 5.74) is 1.82. The Balaban J connectivity index is 2.37. The number of nitrogens with zero attached hydrogens (tertiary/aromatic N) is 4. The molecule has 0 unspecified atom stereocenters. The lowest BCUT2D eigenvalue weighted by Gasteiger charge is -2.08. The van der Waals surface area contributed by atoms with Gasteiger partial charge >= 0.3 is 0 Å². The van der Waals surface area contributed by atoms with Gasteiger partial charge < -0.3 is 10.1 Å². The molecule has 19 heavy (non-hydrogen) atoms. The summed E-state index contributed by atoms with van der Waals surface area (Å²) in [4.78, 5) is 8.72. The minimum Gasteiger partial charge on any atom is -0.435 e. The molecule has 2 rings (SSSR count). The van der Waals surface area contributed by atoms with Crippen molar-refractivity contribution in [2.45, 2.75) is 27.2 Å². The number of hydrogen-bond acceptors (Lipinski definition) is 5. The first-order valence-electron chi connectivity index (χ1n) is 6.29. The van der Waals surface area contributed by atoms with Crippen molar-refractivity contribution in [2.75, 3.05) is 12.4 Å². The van der Waals surface area contributed by atoms with Crippen LogP contribution < -0.4 is 10.1 Å². The van der Waals surface area contributed by atoms with Crippen LogP contribution in [0.15, 0.2) is 6.07 Å². The van der Waals surface area contributed by atoms with Gasteiger partial charge in [0.25, 0.3) is 0 Å². The van der Waals surface area contributed by atoms with Crippen molar-refractivity contribution in [3.8, 4) is 11.6 Å². The van der Waals surface area contributed by atoms with Crippen molar-refractivity contribution in [1.82, 2.24) is 19.7 Å². The summed E-state index contributed by atoms with van der Waals surface area (Å²) in [7, 11) is 3.72. The van der Waals surface area contributed by atoms with Crippen LogP contribution in [-0.4, -0.2) is 26.8 Å². The van der Waals surface area contributed by atoms with Gasteiger partial charge in [-0.25, -0.2) is 4.98 Å². The zero-order valence-electron chi connectivity index (χ0n) is 12.0. The smallest absolute Gasteiger partial charge is 0.224 e. The monoisotopic (exact) mass is 261 g/mol. The lowest BCUT2D eigenvalue weighted by molar-refractivity contribution is 0.451. The molecule has 0 spiro atoms. The topological polar surface area (TPSA) is 64.9 Å². The van der Waals surface area contributed by atoms with Gasteiger partial charge in [0, 0.05) is 26.6 Å². The normalized spacial score (nSPS) is 10.6. The van der Waals surface area contributed by atoms with Gasteiger partial charge in [0.2, 0.25) is 5.88 Å². The molecule has 2 aromatic heterocycles. The van der Waals surface area contributed by atoms with Gasteiger partial charge in [-0.15, -0.1) is 0 Å². The fourth-order valence-electron chi connectivity index (χ4n) is 1.82. The highest BCUT2D eigenvalue weighted by molar-refractivity contribution is 5.41. The molecule has 102 valence electrons. The van der Waals surface area contributed by atoms with Crippen LogP contribution in [0.5, 0.6) is 11.6 Å². The van der Waals surface area contributed by atoms with Crippen LogP contribution >= 0.6 is 0 Å². The molecular formula is C13H19N5O. The number of anilines is 1. The molecule has 0 saturated heterocycles. The van der Waals surface area contributed by atoms with Gasteiger partial charge in [-0.2, -0.15) is 10.1 Å². The number of aromatic nitrogens is 4. The number of aryl methyl sites for hydroxylation is 3. The van der Waals surface area contributed by atoms with Gasteiger partial charge in [0.05, 0.1) is 5.69 Å². The molecule has 0 saturated carbocycles. The third-order valence-electron chi connectivity index (χ3n) is 2.97. The third kappa shape index (κ3) is 2.67. The highest BCUT2D eigenvalue weighted by atomic mass is 16.5. The first-order valence-corrected chi connectivity index (χ1v) is 6.29. The van der Waals surface area contributed by atoms with Crippen LogP contribution in [0.3, 0.4) is 0 Å². The Morgan fingerprint density at radius 1 is 1.32 bits per heavy atom. The SMILES string of the molecule is CCc1nc(NC)cc(Oc2c(C)nn(C)c2C)n1. The summed E-state index contributed by atoms with van der Waals surface area (Å²) in [5, 5.41) is 7.33. The summed E-state index contributed by atoms with van der Waals surface area (Å²) in [6.07, 6.45) is 0.761. The van der Waals surface area contributed by atoms with E-state index in [4.69, 9.17) is 4.74 Å². The maximum absolute atomic E-state index is 5.87. The molecule has 0 fully saturated rings. The van der Waals surface area contributed by atoms with E-state index in [-0.39, 0.29) is 0 Å². The predicted octanol–water partition coefficient (Wildman–Crippen LogP) is 2.22. The molecule has 6 heteroatoms. The third-order valence-corrected chi connectivity index (χ3v) is 2.97. The summed E-state index contributed by atoms with van der Waals surface area (Å²) in [6, 6.07) is 1.78. The standard InChI is InChI=1S/C13H19N5O/c1-6-10-15-11(14-4)7-12(16-10)19-13-8(2)17-18(5)9(13)3/h7H,6H2,1-5H3,(H,14,15,16). The van der Waals surface area contributed by atoms with Crippen LogP contribution in [0.4, 0.5) is 5.82 Å². The highest BCUT2D eigenvalue weighted by Crippen LogP contribution is 2.27. The van der Waals surface area contributed by atoms with E-state index < -0.39 is 0 Å². The molecule has 6 nitrogen and oxygen atoms in total. The summed E-state index contributed by atoms with van der Waals surface area (Å²) >= 11 is 0. The average Bonchev–Trinajstić information content (AvgIpc) is 2.65. The van der Waals surface area contributed by atoms with Crippen molar-refractivity contribution < 1.29 is 4.74 Å². The van der Waals surface area contributed by atoms with Crippen molar-refractivity contribution in [3.63, 3.8) is 0 Å².